The highest BCUT2D eigenvalue weighted by molar-refractivity contribution is 5.81. The van der Waals surface area contributed by atoms with E-state index in [1.54, 1.807) is 5.32 Å². The second-order valence-corrected chi connectivity index (χ2v) is 4.08. The van der Waals surface area contributed by atoms with Gasteiger partial charge >= 0.3 is 12.1 Å². The molecule has 0 aliphatic rings. The second kappa shape index (κ2) is 5.86. The van der Waals surface area contributed by atoms with Crippen LogP contribution in [-0.2, 0) is 11.3 Å². The van der Waals surface area contributed by atoms with Crippen molar-refractivity contribution in [2.24, 2.45) is 0 Å². The summed E-state index contributed by atoms with van der Waals surface area (Å²) in [6.07, 6.45) is -3.78. The maximum Gasteiger partial charge on any atom is 0.471 e. The molecule has 0 aliphatic carbocycles. The van der Waals surface area contributed by atoms with Crippen LogP contribution < -0.4 is 5.32 Å². The van der Waals surface area contributed by atoms with Crippen LogP contribution in [0.3, 0.4) is 0 Å². The van der Waals surface area contributed by atoms with Gasteiger partial charge in [-0.2, -0.15) is 13.2 Å². The topological polar surface area (TPSA) is 54.9 Å². The van der Waals surface area contributed by atoms with E-state index in [9.17, 15) is 22.4 Å². The number of carbonyl (C=O) groups excluding carboxylic acids is 1. The van der Waals surface area contributed by atoms with Crippen molar-refractivity contribution in [1.29, 1.82) is 0 Å². The summed E-state index contributed by atoms with van der Waals surface area (Å²) >= 11 is 0. The van der Waals surface area contributed by atoms with Crippen molar-refractivity contribution < 1.29 is 22.4 Å². The molecular weight excluding hydrogens is 290 g/mol. The molecule has 110 valence electrons. The first-order chi connectivity index (χ1) is 9.86. The van der Waals surface area contributed by atoms with Gasteiger partial charge in [0.05, 0.1) is 17.9 Å². The van der Waals surface area contributed by atoms with Crippen LogP contribution in [0.5, 0.6) is 0 Å². The molecule has 0 saturated carbocycles. The first-order valence-electron chi connectivity index (χ1n) is 5.78. The molecule has 0 fully saturated rings. The van der Waals surface area contributed by atoms with Gasteiger partial charge in [-0.25, -0.2) is 14.4 Å². The van der Waals surface area contributed by atoms with E-state index in [0.29, 0.717) is 11.3 Å². The van der Waals surface area contributed by atoms with Crippen LogP contribution in [0, 0.1) is 5.82 Å². The molecule has 0 bridgehead atoms. The van der Waals surface area contributed by atoms with Gasteiger partial charge < -0.3 is 5.32 Å². The lowest BCUT2D eigenvalue weighted by atomic mass is 10.1. The lowest BCUT2D eigenvalue weighted by Crippen LogP contribution is -2.36. The van der Waals surface area contributed by atoms with Crippen molar-refractivity contribution in [3.8, 4) is 11.3 Å². The maximum absolute atomic E-state index is 12.8. The second-order valence-electron chi connectivity index (χ2n) is 4.08. The van der Waals surface area contributed by atoms with E-state index in [2.05, 4.69) is 9.97 Å². The molecule has 4 nitrogen and oxygen atoms in total. The highest BCUT2D eigenvalue weighted by atomic mass is 19.4. The molecule has 0 spiro atoms. The predicted octanol–water partition coefficient (Wildman–Crippen LogP) is 2.46. The van der Waals surface area contributed by atoms with Crippen LogP contribution in [-0.4, -0.2) is 22.1 Å². The van der Waals surface area contributed by atoms with Gasteiger partial charge in [0.15, 0.2) is 0 Å². The molecular formula is C13H9F4N3O. The molecule has 0 unspecified atom stereocenters. The molecule has 1 aromatic carbocycles. The van der Waals surface area contributed by atoms with E-state index in [1.807, 2.05) is 0 Å². The number of hydrogen-bond acceptors (Lipinski definition) is 3. The molecule has 0 atom stereocenters. The van der Waals surface area contributed by atoms with Crippen molar-refractivity contribution in [2.45, 2.75) is 12.7 Å². The Labute approximate surface area is 116 Å². The average Bonchev–Trinajstić information content (AvgIpc) is 2.45. The minimum Gasteiger partial charge on any atom is -0.343 e. The summed E-state index contributed by atoms with van der Waals surface area (Å²) in [6, 6.07) is 6.86. The van der Waals surface area contributed by atoms with Crippen LogP contribution in [0.2, 0.25) is 0 Å². The van der Waals surface area contributed by atoms with E-state index >= 15 is 0 Å². The highest BCUT2D eigenvalue weighted by Crippen LogP contribution is 2.18. The lowest BCUT2D eigenvalue weighted by Gasteiger charge is -2.08. The summed E-state index contributed by atoms with van der Waals surface area (Å²) in [4.78, 5) is 18.4. The number of amides is 1. The average molecular weight is 299 g/mol. The smallest absolute Gasteiger partial charge is 0.343 e. The molecule has 1 heterocycles. The zero-order chi connectivity index (χ0) is 15.5. The van der Waals surface area contributed by atoms with Crippen molar-refractivity contribution in [3.63, 3.8) is 0 Å². The van der Waals surface area contributed by atoms with E-state index in [4.69, 9.17) is 0 Å². The van der Waals surface area contributed by atoms with Crippen LogP contribution in [0.4, 0.5) is 17.6 Å². The van der Waals surface area contributed by atoms with Gasteiger partial charge in [0.1, 0.15) is 12.1 Å². The standard InChI is InChI=1S/C13H9F4N3O/c14-9-3-1-8(2-4-9)11-5-10(19-7-20-11)6-18-12(21)13(15,16)17/h1-5,7H,6H2,(H,18,21). The van der Waals surface area contributed by atoms with Crippen molar-refractivity contribution in [3.05, 3.63) is 48.2 Å². The number of halogens is 4. The molecule has 0 aliphatic heterocycles. The third-order valence-electron chi connectivity index (χ3n) is 2.55. The Morgan fingerprint density at radius 3 is 2.43 bits per heavy atom. The summed E-state index contributed by atoms with van der Waals surface area (Å²) < 4.78 is 49.0. The fraction of sp³-hybridized carbons (Fsp3) is 0.154. The molecule has 0 saturated heterocycles. The summed E-state index contributed by atoms with van der Waals surface area (Å²) in [5.74, 6) is -2.45. The van der Waals surface area contributed by atoms with Crippen molar-refractivity contribution in [1.82, 2.24) is 15.3 Å². The first kappa shape index (κ1) is 14.9. The third-order valence-corrected chi connectivity index (χ3v) is 2.55. The molecule has 2 rings (SSSR count). The molecule has 8 heteroatoms. The normalized spacial score (nSPS) is 11.2. The number of hydrogen-bond donors (Lipinski definition) is 1. The van der Waals surface area contributed by atoms with Crippen LogP contribution in [0.25, 0.3) is 11.3 Å². The number of carbonyl (C=O) groups is 1. The van der Waals surface area contributed by atoms with Crippen LogP contribution in [0.15, 0.2) is 36.7 Å². The van der Waals surface area contributed by atoms with Gasteiger partial charge in [0.2, 0.25) is 0 Å². The Balaban J connectivity index is 2.11. The van der Waals surface area contributed by atoms with E-state index in [0.717, 1.165) is 6.33 Å². The summed E-state index contributed by atoms with van der Waals surface area (Å²) in [6.45, 7) is -0.380. The van der Waals surface area contributed by atoms with Gasteiger partial charge in [0, 0.05) is 5.56 Å². The van der Waals surface area contributed by atoms with Gasteiger partial charge in [0.25, 0.3) is 0 Å². The summed E-state index contributed by atoms with van der Waals surface area (Å²) in [5.41, 5.74) is 1.21. The zero-order valence-corrected chi connectivity index (χ0v) is 10.5. The molecule has 21 heavy (non-hydrogen) atoms. The first-order valence-corrected chi connectivity index (χ1v) is 5.78. The number of alkyl halides is 3. The van der Waals surface area contributed by atoms with Gasteiger partial charge in [-0.15, -0.1) is 0 Å². The molecule has 0 radical (unpaired) electrons. The van der Waals surface area contributed by atoms with Crippen LogP contribution in [0.1, 0.15) is 5.69 Å². The Bertz CT molecular complexity index is 641. The van der Waals surface area contributed by atoms with Crippen molar-refractivity contribution in [2.75, 3.05) is 0 Å². The van der Waals surface area contributed by atoms with E-state index in [1.165, 1.54) is 30.3 Å². The Hall–Kier alpha value is -2.51. The Morgan fingerprint density at radius 1 is 1.14 bits per heavy atom. The quantitative estimate of drug-likeness (QED) is 0.886. The van der Waals surface area contributed by atoms with Gasteiger partial charge in [-0.1, -0.05) is 0 Å². The Morgan fingerprint density at radius 2 is 1.81 bits per heavy atom. The van der Waals surface area contributed by atoms with Gasteiger partial charge in [-0.05, 0) is 30.3 Å². The largest absolute Gasteiger partial charge is 0.471 e. The molecule has 1 N–H and O–H groups in total. The molecule has 1 amide bonds. The maximum atomic E-state index is 12.8. The summed E-state index contributed by atoms with van der Waals surface area (Å²) in [5, 5.41) is 1.71. The number of nitrogens with zero attached hydrogens (tertiary/aromatic N) is 2. The Kier molecular flexibility index (Phi) is 4.15. The third kappa shape index (κ3) is 3.98. The number of rotatable bonds is 3. The number of aromatic nitrogens is 2. The minimum absolute atomic E-state index is 0.210. The van der Waals surface area contributed by atoms with Crippen LogP contribution >= 0.6 is 0 Å². The molecule has 2 aromatic rings. The van der Waals surface area contributed by atoms with E-state index < -0.39 is 17.9 Å². The number of nitrogens with one attached hydrogen (secondary N) is 1. The van der Waals surface area contributed by atoms with Gasteiger partial charge in [-0.3, -0.25) is 4.79 Å². The SMILES string of the molecule is O=C(NCc1cc(-c2ccc(F)cc2)ncn1)C(F)(F)F. The highest BCUT2D eigenvalue weighted by Gasteiger charge is 2.38. The predicted molar refractivity (Wildman–Crippen MR) is 65.3 cm³/mol. The lowest BCUT2D eigenvalue weighted by molar-refractivity contribution is -0.173. The fourth-order valence-electron chi connectivity index (χ4n) is 1.54. The number of benzene rings is 1. The zero-order valence-electron chi connectivity index (χ0n) is 10.5. The minimum atomic E-state index is -4.94. The molecule has 1 aromatic heterocycles. The summed E-state index contributed by atoms with van der Waals surface area (Å²) in [7, 11) is 0. The van der Waals surface area contributed by atoms with E-state index in [-0.39, 0.29) is 12.2 Å². The fourth-order valence-corrected chi connectivity index (χ4v) is 1.54. The van der Waals surface area contributed by atoms with Crippen molar-refractivity contribution >= 4 is 5.91 Å². The monoisotopic (exact) mass is 299 g/mol.